The molecule has 1 aliphatic rings. The molecular weight excluding hydrogens is 330 g/mol. The minimum Gasteiger partial charge on any atom is -0.484 e. The van der Waals surface area contributed by atoms with Gasteiger partial charge in [-0.15, -0.1) is 0 Å². The quantitative estimate of drug-likeness (QED) is 0.744. The molecule has 2 amide bonds. The number of hydrogen-bond acceptors (Lipinski definition) is 3. The highest BCUT2D eigenvalue weighted by molar-refractivity contribution is 5.99. The maximum atomic E-state index is 12.5. The van der Waals surface area contributed by atoms with Gasteiger partial charge in [0.1, 0.15) is 17.5 Å². The number of carbonyl (C=O) groups excluding carboxylic acids is 2. The Balaban J connectivity index is 1.80. The minimum atomic E-state index is -0.319. The third kappa shape index (κ3) is 4.07. The van der Waals surface area contributed by atoms with Crippen LogP contribution in [0.4, 0.5) is 0 Å². The highest BCUT2D eigenvalue weighted by Gasteiger charge is 2.23. The molecule has 1 saturated carbocycles. The SMILES string of the molecule is CNC(=O)c1[nH]c(C(=O)NC2CCCC2)cc1OC(C)c1ccccc1. The summed E-state index contributed by atoms with van der Waals surface area (Å²) in [7, 11) is 1.55. The zero-order valence-electron chi connectivity index (χ0n) is 15.2. The van der Waals surface area contributed by atoms with Gasteiger partial charge in [-0.05, 0) is 25.3 Å². The first kappa shape index (κ1) is 18.0. The van der Waals surface area contributed by atoms with Crippen LogP contribution < -0.4 is 15.4 Å². The fourth-order valence-electron chi connectivity index (χ4n) is 3.26. The van der Waals surface area contributed by atoms with Gasteiger partial charge in [-0.2, -0.15) is 0 Å². The molecule has 2 aromatic rings. The molecule has 1 aromatic heterocycles. The number of rotatable bonds is 6. The van der Waals surface area contributed by atoms with Gasteiger partial charge >= 0.3 is 0 Å². The molecule has 3 N–H and O–H groups in total. The lowest BCUT2D eigenvalue weighted by atomic mass is 10.1. The van der Waals surface area contributed by atoms with Crippen LogP contribution in [-0.2, 0) is 0 Å². The Morgan fingerprint density at radius 3 is 2.50 bits per heavy atom. The van der Waals surface area contributed by atoms with Crippen LogP contribution in [0.1, 0.15) is 65.3 Å². The van der Waals surface area contributed by atoms with Gasteiger partial charge in [0.05, 0.1) is 0 Å². The molecule has 1 aliphatic carbocycles. The van der Waals surface area contributed by atoms with Crippen LogP contribution in [-0.4, -0.2) is 29.9 Å². The molecular formula is C20H25N3O3. The smallest absolute Gasteiger partial charge is 0.271 e. The summed E-state index contributed by atoms with van der Waals surface area (Å²) in [5.41, 5.74) is 1.59. The molecule has 0 spiro atoms. The number of amides is 2. The van der Waals surface area contributed by atoms with Gasteiger partial charge in [0.2, 0.25) is 0 Å². The predicted molar refractivity (Wildman–Crippen MR) is 99.4 cm³/mol. The maximum Gasteiger partial charge on any atom is 0.271 e. The van der Waals surface area contributed by atoms with Gasteiger partial charge in [0.15, 0.2) is 5.75 Å². The second kappa shape index (κ2) is 8.08. The minimum absolute atomic E-state index is 0.204. The van der Waals surface area contributed by atoms with Crippen molar-refractivity contribution in [3.63, 3.8) is 0 Å². The van der Waals surface area contributed by atoms with E-state index in [1.165, 1.54) is 0 Å². The van der Waals surface area contributed by atoms with E-state index in [-0.39, 0.29) is 29.7 Å². The van der Waals surface area contributed by atoms with Crippen LogP contribution in [0.5, 0.6) is 5.75 Å². The van der Waals surface area contributed by atoms with Crippen molar-refractivity contribution in [2.24, 2.45) is 0 Å². The number of H-pyrrole nitrogens is 1. The molecule has 0 saturated heterocycles. The molecule has 6 nitrogen and oxygen atoms in total. The highest BCUT2D eigenvalue weighted by Crippen LogP contribution is 2.27. The first-order chi connectivity index (χ1) is 12.6. The van der Waals surface area contributed by atoms with E-state index in [1.807, 2.05) is 37.3 Å². The van der Waals surface area contributed by atoms with Gasteiger partial charge in [0, 0.05) is 19.2 Å². The second-order valence-electron chi connectivity index (χ2n) is 6.63. The molecule has 138 valence electrons. The third-order valence-electron chi connectivity index (χ3n) is 4.74. The van der Waals surface area contributed by atoms with Crippen molar-refractivity contribution in [2.45, 2.75) is 44.8 Å². The maximum absolute atomic E-state index is 12.5. The van der Waals surface area contributed by atoms with Crippen molar-refractivity contribution in [1.29, 1.82) is 0 Å². The summed E-state index contributed by atoms with van der Waals surface area (Å²) in [6, 6.07) is 11.6. The standard InChI is InChI=1S/C20H25N3O3/c1-13(14-8-4-3-5-9-14)26-17-12-16(23-18(17)20(25)21-2)19(24)22-15-10-6-7-11-15/h3-5,8-9,12-13,15,23H,6-7,10-11H2,1-2H3,(H,21,25)(H,22,24). The average molecular weight is 355 g/mol. The van der Waals surface area contributed by atoms with Gasteiger partial charge in [-0.1, -0.05) is 43.2 Å². The molecule has 3 rings (SSSR count). The van der Waals surface area contributed by atoms with Crippen molar-refractivity contribution in [3.8, 4) is 5.75 Å². The van der Waals surface area contributed by atoms with Gasteiger partial charge in [0.25, 0.3) is 11.8 Å². The van der Waals surface area contributed by atoms with Crippen LogP contribution >= 0.6 is 0 Å². The van der Waals surface area contributed by atoms with E-state index >= 15 is 0 Å². The first-order valence-corrected chi connectivity index (χ1v) is 9.06. The number of benzene rings is 1. The zero-order valence-corrected chi connectivity index (χ0v) is 15.2. The largest absolute Gasteiger partial charge is 0.484 e. The second-order valence-corrected chi connectivity index (χ2v) is 6.63. The number of nitrogens with one attached hydrogen (secondary N) is 3. The van der Waals surface area contributed by atoms with Crippen molar-refractivity contribution in [1.82, 2.24) is 15.6 Å². The summed E-state index contributed by atoms with van der Waals surface area (Å²) in [6.07, 6.45) is 4.04. The number of ether oxygens (including phenoxy) is 1. The van der Waals surface area contributed by atoms with Crippen molar-refractivity contribution >= 4 is 11.8 Å². The first-order valence-electron chi connectivity index (χ1n) is 9.06. The Labute approximate surface area is 153 Å². The van der Waals surface area contributed by atoms with Crippen LogP contribution in [0.2, 0.25) is 0 Å². The average Bonchev–Trinajstić information content (AvgIpc) is 3.31. The summed E-state index contributed by atoms with van der Waals surface area (Å²) >= 11 is 0. The van der Waals surface area contributed by atoms with E-state index in [2.05, 4.69) is 15.6 Å². The molecule has 0 bridgehead atoms. The van der Waals surface area contributed by atoms with E-state index in [0.29, 0.717) is 11.4 Å². The highest BCUT2D eigenvalue weighted by atomic mass is 16.5. The fraction of sp³-hybridized carbons (Fsp3) is 0.400. The topological polar surface area (TPSA) is 83.2 Å². The number of aromatic amines is 1. The van der Waals surface area contributed by atoms with E-state index in [9.17, 15) is 9.59 Å². The van der Waals surface area contributed by atoms with E-state index in [0.717, 1.165) is 31.2 Å². The van der Waals surface area contributed by atoms with E-state index in [4.69, 9.17) is 4.74 Å². The Morgan fingerprint density at radius 1 is 1.15 bits per heavy atom. The van der Waals surface area contributed by atoms with Gasteiger partial charge in [-0.25, -0.2) is 0 Å². The zero-order chi connectivity index (χ0) is 18.5. The molecule has 0 radical (unpaired) electrons. The molecule has 1 fully saturated rings. The van der Waals surface area contributed by atoms with Gasteiger partial charge in [-0.3, -0.25) is 9.59 Å². The molecule has 26 heavy (non-hydrogen) atoms. The molecule has 1 heterocycles. The molecule has 0 aliphatic heterocycles. The molecule has 6 heteroatoms. The Bertz CT molecular complexity index is 764. The molecule has 1 aromatic carbocycles. The Morgan fingerprint density at radius 2 is 1.85 bits per heavy atom. The van der Waals surface area contributed by atoms with E-state index in [1.54, 1.807) is 13.1 Å². The summed E-state index contributed by atoms with van der Waals surface area (Å²) in [5.74, 6) is -0.151. The molecule has 1 unspecified atom stereocenters. The fourth-order valence-corrected chi connectivity index (χ4v) is 3.26. The van der Waals surface area contributed by atoms with Crippen LogP contribution in [0.3, 0.4) is 0 Å². The summed E-state index contributed by atoms with van der Waals surface area (Å²) in [6.45, 7) is 1.91. The lowest BCUT2D eigenvalue weighted by molar-refractivity contribution is 0.0933. The number of aromatic nitrogens is 1. The Kier molecular flexibility index (Phi) is 5.61. The van der Waals surface area contributed by atoms with E-state index < -0.39 is 0 Å². The summed E-state index contributed by atoms with van der Waals surface area (Å²) in [4.78, 5) is 27.6. The lowest BCUT2D eigenvalue weighted by Gasteiger charge is -2.15. The van der Waals surface area contributed by atoms with Crippen molar-refractivity contribution in [3.05, 3.63) is 53.3 Å². The Hall–Kier alpha value is -2.76. The predicted octanol–water partition coefficient (Wildman–Crippen LogP) is 3.19. The summed E-state index contributed by atoms with van der Waals surface area (Å²) in [5, 5.41) is 5.60. The monoisotopic (exact) mass is 355 g/mol. The van der Waals surface area contributed by atoms with Crippen LogP contribution in [0.25, 0.3) is 0 Å². The van der Waals surface area contributed by atoms with Crippen LogP contribution in [0.15, 0.2) is 36.4 Å². The van der Waals surface area contributed by atoms with Crippen LogP contribution in [0, 0.1) is 0 Å². The summed E-state index contributed by atoms with van der Waals surface area (Å²) < 4.78 is 5.98. The van der Waals surface area contributed by atoms with Gasteiger partial charge < -0.3 is 20.4 Å². The number of carbonyl (C=O) groups is 2. The molecule has 1 atom stereocenters. The third-order valence-corrected chi connectivity index (χ3v) is 4.74. The lowest BCUT2D eigenvalue weighted by Crippen LogP contribution is -2.32. The normalized spacial score (nSPS) is 15.5. The number of hydrogen-bond donors (Lipinski definition) is 3. The van der Waals surface area contributed by atoms with Crippen molar-refractivity contribution in [2.75, 3.05) is 7.05 Å². The van der Waals surface area contributed by atoms with Crippen molar-refractivity contribution < 1.29 is 14.3 Å².